The van der Waals surface area contributed by atoms with Gasteiger partial charge < -0.3 is 15.0 Å². The van der Waals surface area contributed by atoms with Crippen molar-refractivity contribution < 1.29 is 4.74 Å². The number of anilines is 2. The van der Waals surface area contributed by atoms with Crippen LogP contribution in [0.15, 0.2) is 35.1 Å². The average Bonchev–Trinajstić information content (AvgIpc) is 2.80. The van der Waals surface area contributed by atoms with E-state index in [0.717, 1.165) is 48.0 Å². The molecule has 1 aliphatic heterocycles. The molecule has 6 heteroatoms. The molecule has 0 bridgehead atoms. The van der Waals surface area contributed by atoms with Gasteiger partial charge in [-0.25, -0.2) is 9.97 Å². The molecule has 0 spiro atoms. The molecule has 0 atom stereocenters. The van der Waals surface area contributed by atoms with E-state index in [4.69, 9.17) is 4.74 Å². The summed E-state index contributed by atoms with van der Waals surface area (Å²) in [6.07, 6.45) is 2.79. The highest BCUT2D eigenvalue weighted by atomic mass is 79.9. The number of aromatic nitrogens is 2. The molecule has 1 N–H and O–H groups in total. The van der Waals surface area contributed by atoms with Crippen molar-refractivity contribution in [1.29, 1.82) is 0 Å². The Morgan fingerprint density at radius 2 is 2.00 bits per heavy atom. The van der Waals surface area contributed by atoms with Crippen molar-refractivity contribution in [3.8, 4) is 5.75 Å². The molecule has 2 aromatic rings. The van der Waals surface area contributed by atoms with Crippen molar-refractivity contribution in [1.82, 2.24) is 9.97 Å². The summed E-state index contributed by atoms with van der Waals surface area (Å²) in [6.45, 7) is 6.68. The number of ether oxygens (including phenoxy) is 1. The topological polar surface area (TPSA) is 50.3 Å². The number of halogens is 1. The second-order valence-electron chi connectivity index (χ2n) is 4.91. The van der Waals surface area contributed by atoms with E-state index in [1.54, 1.807) is 13.3 Å². The van der Waals surface area contributed by atoms with Gasteiger partial charge in [0.1, 0.15) is 10.4 Å². The van der Waals surface area contributed by atoms with E-state index in [0.29, 0.717) is 0 Å². The van der Waals surface area contributed by atoms with Gasteiger partial charge in [0.15, 0.2) is 11.6 Å². The molecule has 1 aliphatic rings. The molecule has 0 unspecified atom stereocenters. The van der Waals surface area contributed by atoms with E-state index in [1.807, 2.05) is 26.0 Å². The first-order chi connectivity index (χ1) is 11.3. The fourth-order valence-corrected chi connectivity index (χ4v) is 2.66. The summed E-state index contributed by atoms with van der Waals surface area (Å²) >= 11 is 3.40. The third-order valence-corrected chi connectivity index (χ3v) is 3.84. The molecule has 0 radical (unpaired) electrons. The summed E-state index contributed by atoms with van der Waals surface area (Å²) in [4.78, 5) is 11.3. The SMILES string of the molecule is CC.COc1ccc(CN2CCCNc3ncc(Br)nc32)cc1. The second-order valence-corrected chi connectivity index (χ2v) is 5.73. The number of hydrogen-bond donors (Lipinski definition) is 1. The van der Waals surface area contributed by atoms with Crippen molar-refractivity contribution in [2.75, 3.05) is 30.4 Å². The van der Waals surface area contributed by atoms with Crippen LogP contribution in [0.25, 0.3) is 0 Å². The van der Waals surface area contributed by atoms with Crippen LogP contribution in [-0.4, -0.2) is 30.2 Å². The minimum atomic E-state index is 0.754. The van der Waals surface area contributed by atoms with Gasteiger partial charge in [-0.2, -0.15) is 0 Å². The molecule has 1 aromatic heterocycles. The maximum absolute atomic E-state index is 5.20. The Morgan fingerprint density at radius 3 is 2.70 bits per heavy atom. The van der Waals surface area contributed by atoms with Crippen LogP contribution in [0.5, 0.6) is 5.75 Å². The molecule has 2 heterocycles. The standard InChI is InChI=1S/C15H17BrN4O.C2H6/c1-21-12-5-3-11(4-6-12)10-20-8-2-7-17-14-15(20)19-13(16)9-18-14;1-2/h3-6,9H,2,7-8,10H2,1H3,(H,17,18);1-2H3. The first-order valence-corrected chi connectivity index (χ1v) is 8.70. The number of hydrogen-bond acceptors (Lipinski definition) is 5. The Morgan fingerprint density at radius 1 is 1.26 bits per heavy atom. The van der Waals surface area contributed by atoms with E-state index in [1.165, 1.54) is 5.56 Å². The van der Waals surface area contributed by atoms with Gasteiger partial charge in [-0.3, -0.25) is 0 Å². The normalized spacial score (nSPS) is 13.1. The minimum Gasteiger partial charge on any atom is -0.497 e. The third kappa shape index (κ3) is 4.58. The quantitative estimate of drug-likeness (QED) is 0.870. The maximum atomic E-state index is 5.20. The lowest BCUT2D eigenvalue weighted by Crippen LogP contribution is -2.24. The summed E-state index contributed by atoms with van der Waals surface area (Å²) in [5.41, 5.74) is 1.23. The highest BCUT2D eigenvalue weighted by Gasteiger charge is 2.18. The average molecular weight is 379 g/mol. The van der Waals surface area contributed by atoms with Crippen LogP contribution in [-0.2, 0) is 6.54 Å². The third-order valence-electron chi connectivity index (χ3n) is 3.45. The van der Waals surface area contributed by atoms with Gasteiger partial charge in [0.25, 0.3) is 0 Å². The lowest BCUT2D eigenvalue weighted by molar-refractivity contribution is 0.414. The number of nitrogens with one attached hydrogen (secondary N) is 1. The highest BCUT2D eigenvalue weighted by Crippen LogP contribution is 2.27. The Bertz CT molecular complexity index is 618. The van der Waals surface area contributed by atoms with Gasteiger partial charge in [0, 0.05) is 19.6 Å². The van der Waals surface area contributed by atoms with E-state index in [-0.39, 0.29) is 0 Å². The molecule has 0 amide bonds. The van der Waals surface area contributed by atoms with Gasteiger partial charge in [-0.05, 0) is 40.0 Å². The zero-order valence-corrected chi connectivity index (χ0v) is 15.4. The molecule has 5 nitrogen and oxygen atoms in total. The number of benzene rings is 1. The van der Waals surface area contributed by atoms with Gasteiger partial charge >= 0.3 is 0 Å². The van der Waals surface area contributed by atoms with Crippen molar-refractivity contribution in [3.63, 3.8) is 0 Å². The Hall–Kier alpha value is -1.82. The monoisotopic (exact) mass is 378 g/mol. The van der Waals surface area contributed by atoms with E-state index < -0.39 is 0 Å². The van der Waals surface area contributed by atoms with Crippen LogP contribution in [0.4, 0.5) is 11.6 Å². The van der Waals surface area contributed by atoms with Gasteiger partial charge in [0.05, 0.1) is 13.3 Å². The predicted octanol–water partition coefficient (Wildman–Crippen LogP) is 4.10. The molecule has 3 rings (SSSR count). The first kappa shape index (κ1) is 17.5. The van der Waals surface area contributed by atoms with E-state index in [2.05, 4.69) is 48.2 Å². The molecular formula is C17H23BrN4O. The highest BCUT2D eigenvalue weighted by molar-refractivity contribution is 9.10. The minimum absolute atomic E-state index is 0.754. The molecule has 23 heavy (non-hydrogen) atoms. The van der Waals surface area contributed by atoms with E-state index >= 15 is 0 Å². The summed E-state index contributed by atoms with van der Waals surface area (Å²) < 4.78 is 5.95. The van der Waals surface area contributed by atoms with Crippen LogP contribution in [0.1, 0.15) is 25.8 Å². The van der Waals surface area contributed by atoms with Crippen LogP contribution in [0, 0.1) is 0 Å². The Balaban J connectivity index is 0.000000924. The molecule has 0 fully saturated rings. The fourth-order valence-electron chi connectivity index (χ4n) is 2.39. The molecule has 1 aromatic carbocycles. The lowest BCUT2D eigenvalue weighted by Gasteiger charge is -2.23. The maximum Gasteiger partial charge on any atom is 0.173 e. The van der Waals surface area contributed by atoms with Crippen molar-refractivity contribution in [2.24, 2.45) is 0 Å². The predicted molar refractivity (Wildman–Crippen MR) is 98.2 cm³/mol. The summed E-state index contributed by atoms with van der Waals surface area (Å²) in [5, 5.41) is 3.33. The summed E-state index contributed by atoms with van der Waals surface area (Å²) in [5.74, 6) is 2.63. The molecule has 0 saturated carbocycles. The summed E-state index contributed by atoms with van der Waals surface area (Å²) in [6, 6.07) is 8.14. The number of fused-ring (bicyclic) bond motifs is 1. The van der Waals surface area contributed by atoms with Crippen LogP contribution >= 0.6 is 15.9 Å². The first-order valence-electron chi connectivity index (χ1n) is 7.90. The molecular weight excluding hydrogens is 356 g/mol. The van der Waals surface area contributed by atoms with Crippen LogP contribution in [0.3, 0.4) is 0 Å². The molecule has 0 aliphatic carbocycles. The Kier molecular flexibility index (Phi) is 6.65. The van der Waals surface area contributed by atoms with Crippen LogP contribution in [0.2, 0.25) is 0 Å². The van der Waals surface area contributed by atoms with E-state index in [9.17, 15) is 0 Å². The number of nitrogens with zero attached hydrogens (tertiary/aromatic N) is 3. The second kappa shape index (κ2) is 8.72. The molecule has 124 valence electrons. The van der Waals surface area contributed by atoms with Crippen LogP contribution < -0.4 is 15.0 Å². The zero-order valence-electron chi connectivity index (χ0n) is 13.8. The molecule has 0 saturated heterocycles. The summed E-state index contributed by atoms with van der Waals surface area (Å²) in [7, 11) is 1.68. The fraction of sp³-hybridized carbons (Fsp3) is 0.412. The van der Waals surface area contributed by atoms with Crippen molar-refractivity contribution in [2.45, 2.75) is 26.8 Å². The van der Waals surface area contributed by atoms with Gasteiger partial charge in [-0.1, -0.05) is 26.0 Å². The number of methoxy groups -OCH3 is 1. The largest absolute Gasteiger partial charge is 0.497 e. The zero-order chi connectivity index (χ0) is 16.7. The Labute approximate surface area is 146 Å². The van der Waals surface area contributed by atoms with Crippen molar-refractivity contribution >= 4 is 27.6 Å². The lowest BCUT2D eigenvalue weighted by atomic mass is 10.2. The van der Waals surface area contributed by atoms with Crippen molar-refractivity contribution in [3.05, 3.63) is 40.6 Å². The smallest absolute Gasteiger partial charge is 0.173 e. The number of rotatable bonds is 3. The van der Waals surface area contributed by atoms with Gasteiger partial charge in [0.2, 0.25) is 0 Å². The van der Waals surface area contributed by atoms with Gasteiger partial charge in [-0.15, -0.1) is 0 Å².